The van der Waals surface area contributed by atoms with Crippen molar-refractivity contribution in [1.29, 1.82) is 0 Å². The molecule has 0 N–H and O–H groups in total. The highest BCUT2D eigenvalue weighted by Gasteiger charge is 2.29. The SMILES string of the molecule is Cc1ccc(Cc2c(C)nc3c(C(=O)N4CCN(c5ccc(C)cc5)C(C)C4)cnn3c2C)cc1. The van der Waals surface area contributed by atoms with Gasteiger partial charge in [-0.25, -0.2) is 9.50 Å². The van der Waals surface area contributed by atoms with Crippen molar-refractivity contribution in [2.75, 3.05) is 24.5 Å². The molecule has 2 aromatic heterocycles. The summed E-state index contributed by atoms with van der Waals surface area (Å²) < 4.78 is 1.83. The second-order valence-electron chi connectivity index (χ2n) is 9.85. The minimum Gasteiger partial charge on any atom is -0.365 e. The smallest absolute Gasteiger partial charge is 0.259 e. The van der Waals surface area contributed by atoms with Crippen LogP contribution in [0, 0.1) is 27.7 Å². The fraction of sp³-hybridized carbons (Fsp3) is 0.345. The van der Waals surface area contributed by atoms with Crippen LogP contribution < -0.4 is 4.90 Å². The Morgan fingerprint density at radius 2 is 1.60 bits per heavy atom. The van der Waals surface area contributed by atoms with Gasteiger partial charge in [0, 0.05) is 49.2 Å². The highest BCUT2D eigenvalue weighted by Crippen LogP contribution is 2.24. The summed E-state index contributed by atoms with van der Waals surface area (Å²) >= 11 is 0. The molecule has 0 bridgehead atoms. The molecule has 1 fully saturated rings. The second-order valence-corrected chi connectivity index (χ2v) is 9.85. The molecule has 1 saturated heterocycles. The van der Waals surface area contributed by atoms with Crippen LogP contribution in [0.1, 0.15) is 50.9 Å². The summed E-state index contributed by atoms with van der Waals surface area (Å²) in [5, 5.41) is 4.58. The van der Waals surface area contributed by atoms with Crippen molar-refractivity contribution < 1.29 is 4.79 Å². The summed E-state index contributed by atoms with van der Waals surface area (Å²) in [4.78, 5) is 22.7. The zero-order valence-electron chi connectivity index (χ0n) is 21.2. The number of hydrogen-bond acceptors (Lipinski definition) is 4. The number of benzene rings is 2. The highest BCUT2D eigenvalue weighted by molar-refractivity contribution is 6.00. The number of amides is 1. The van der Waals surface area contributed by atoms with Crippen LogP contribution in [0.3, 0.4) is 0 Å². The molecule has 0 saturated carbocycles. The number of carbonyl (C=O) groups is 1. The van der Waals surface area contributed by atoms with E-state index >= 15 is 0 Å². The minimum atomic E-state index is 0.00740. The predicted octanol–water partition coefficient (Wildman–Crippen LogP) is 4.90. The van der Waals surface area contributed by atoms with Crippen molar-refractivity contribution in [3.8, 4) is 0 Å². The van der Waals surface area contributed by atoms with Gasteiger partial charge in [0.25, 0.3) is 5.91 Å². The molecule has 1 aliphatic heterocycles. The molecule has 4 aromatic rings. The van der Waals surface area contributed by atoms with E-state index in [4.69, 9.17) is 4.98 Å². The largest absolute Gasteiger partial charge is 0.365 e. The lowest BCUT2D eigenvalue weighted by Gasteiger charge is -2.41. The third kappa shape index (κ3) is 4.41. The summed E-state index contributed by atoms with van der Waals surface area (Å²) in [6.07, 6.45) is 2.48. The fourth-order valence-corrected chi connectivity index (χ4v) is 5.06. The number of anilines is 1. The van der Waals surface area contributed by atoms with Crippen LogP contribution in [-0.2, 0) is 6.42 Å². The molecule has 3 heterocycles. The quantitative estimate of drug-likeness (QED) is 0.428. The lowest BCUT2D eigenvalue weighted by molar-refractivity contribution is 0.0728. The number of carbonyl (C=O) groups excluding carboxylic acids is 1. The van der Waals surface area contributed by atoms with E-state index < -0.39 is 0 Å². The average Bonchev–Trinajstić information content (AvgIpc) is 3.27. The molecular formula is C29H33N5O. The molecule has 180 valence electrons. The van der Waals surface area contributed by atoms with Gasteiger partial charge in [0.05, 0.1) is 6.20 Å². The first kappa shape index (κ1) is 23.1. The van der Waals surface area contributed by atoms with Gasteiger partial charge in [-0.1, -0.05) is 47.5 Å². The molecule has 0 aliphatic carbocycles. The maximum absolute atomic E-state index is 13.6. The predicted molar refractivity (Wildman–Crippen MR) is 140 cm³/mol. The summed E-state index contributed by atoms with van der Waals surface area (Å²) in [6, 6.07) is 17.4. The Bertz CT molecular complexity index is 1370. The highest BCUT2D eigenvalue weighted by atomic mass is 16.2. The number of rotatable bonds is 4. The third-order valence-corrected chi connectivity index (χ3v) is 7.22. The molecule has 0 radical (unpaired) electrons. The van der Waals surface area contributed by atoms with E-state index in [1.54, 1.807) is 6.20 Å². The third-order valence-electron chi connectivity index (χ3n) is 7.22. The molecule has 5 rings (SSSR count). The van der Waals surface area contributed by atoms with Crippen molar-refractivity contribution in [3.05, 3.63) is 93.9 Å². The van der Waals surface area contributed by atoms with Crippen molar-refractivity contribution >= 4 is 17.2 Å². The van der Waals surface area contributed by atoms with Gasteiger partial charge in [-0.15, -0.1) is 0 Å². The topological polar surface area (TPSA) is 53.7 Å². The Morgan fingerprint density at radius 3 is 2.26 bits per heavy atom. The lowest BCUT2D eigenvalue weighted by atomic mass is 10.0. The molecule has 6 nitrogen and oxygen atoms in total. The Balaban J connectivity index is 1.38. The molecule has 1 atom stereocenters. The summed E-state index contributed by atoms with van der Waals surface area (Å²) in [5.74, 6) is 0.00740. The van der Waals surface area contributed by atoms with Gasteiger partial charge in [0.2, 0.25) is 0 Å². The van der Waals surface area contributed by atoms with Gasteiger partial charge in [-0.05, 0) is 57.9 Å². The van der Waals surface area contributed by atoms with Gasteiger partial charge in [0.15, 0.2) is 5.65 Å². The average molecular weight is 468 g/mol. The Morgan fingerprint density at radius 1 is 0.943 bits per heavy atom. The zero-order chi connectivity index (χ0) is 24.7. The van der Waals surface area contributed by atoms with Gasteiger partial charge in [-0.3, -0.25) is 4.79 Å². The Kier molecular flexibility index (Phi) is 6.05. The summed E-state index contributed by atoms with van der Waals surface area (Å²) in [7, 11) is 0. The summed E-state index contributed by atoms with van der Waals surface area (Å²) in [5.41, 5.74) is 9.31. The van der Waals surface area contributed by atoms with Crippen LogP contribution >= 0.6 is 0 Å². The van der Waals surface area contributed by atoms with Crippen molar-refractivity contribution in [2.24, 2.45) is 0 Å². The number of fused-ring (bicyclic) bond motifs is 1. The van der Waals surface area contributed by atoms with E-state index in [1.165, 1.54) is 22.4 Å². The van der Waals surface area contributed by atoms with Crippen LogP contribution in [0.4, 0.5) is 5.69 Å². The minimum absolute atomic E-state index is 0.00740. The first-order chi connectivity index (χ1) is 16.8. The van der Waals surface area contributed by atoms with Crippen molar-refractivity contribution in [3.63, 3.8) is 0 Å². The lowest BCUT2D eigenvalue weighted by Crippen LogP contribution is -2.53. The van der Waals surface area contributed by atoms with E-state index in [9.17, 15) is 4.79 Å². The van der Waals surface area contributed by atoms with Crippen LogP contribution in [0.5, 0.6) is 0 Å². The van der Waals surface area contributed by atoms with Gasteiger partial charge in [-0.2, -0.15) is 5.10 Å². The number of aromatic nitrogens is 3. The standard InChI is InChI=1S/C29H33N5O/c1-19-6-10-24(11-7-19)16-26-22(4)31-28-27(17-30-34(28)23(26)5)29(35)32-14-15-33(21(3)18-32)25-12-8-20(2)9-13-25/h6-13,17,21H,14-16,18H2,1-5H3. The van der Waals surface area contributed by atoms with Crippen LogP contribution in [0.2, 0.25) is 0 Å². The fourth-order valence-electron chi connectivity index (χ4n) is 5.06. The summed E-state index contributed by atoms with van der Waals surface area (Å²) in [6.45, 7) is 12.6. The van der Waals surface area contributed by atoms with Crippen molar-refractivity contribution in [1.82, 2.24) is 19.5 Å². The van der Waals surface area contributed by atoms with E-state index in [0.29, 0.717) is 24.3 Å². The maximum atomic E-state index is 13.6. The molecule has 35 heavy (non-hydrogen) atoms. The van der Waals surface area contributed by atoms with E-state index in [2.05, 4.69) is 86.2 Å². The van der Waals surface area contributed by atoms with Crippen LogP contribution in [0.25, 0.3) is 5.65 Å². The second kappa shape index (κ2) is 9.17. The molecule has 1 amide bonds. The van der Waals surface area contributed by atoms with E-state index in [0.717, 1.165) is 29.9 Å². The number of piperazine rings is 1. The zero-order valence-corrected chi connectivity index (χ0v) is 21.2. The van der Waals surface area contributed by atoms with E-state index in [1.807, 2.05) is 16.3 Å². The Hall–Kier alpha value is -3.67. The molecule has 0 spiro atoms. The Labute approximate surface area is 207 Å². The van der Waals surface area contributed by atoms with Gasteiger partial charge in [0.1, 0.15) is 5.56 Å². The van der Waals surface area contributed by atoms with Gasteiger partial charge < -0.3 is 9.80 Å². The molecule has 1 aliphatic rings. The van der Waals surface area contributed by atoms with Crippen molar-refractivity contribution in [2.45, 2.75) is 47.1 Å². The normalized spacial score (nSPS) is 16.2. The first-order valence-corrected chi connectivity index (χ1v) is 12.3. The molecule has 6 heteroatoms. The molecule has 1 unspecified atom stereocenters. The molecular weight excluding hydrogens is 434 g/mol. The number of nitrogens with zero attached hydrogens (tertiary/aromatic N) is 5. The number of aryl methyl sites for hydroxylation is 4. The van der Waals surface area contributed by atoms with Gasteiger partial charge >= 0.3 is 0 Å². The maximum Gasteiger partial charge on any atom is 0.259 e. The molecule has 2 aromatic carbocycles. The number of hydrogen-bond donors (Lipinski definition) is 0. The van der Waals surface area contributed by atoms with E-state index in [-0.39, 0.29) is 11.9 Å². The monoisotopic (exact) mass is 467 g/mol. The van der Waals surface area contributed by atoms with Crippen LogP contribution in [-0.4, -0.2) is 51.1 Å². The van der Waals surface area contributed by atoms with Crippen LogP contribution in [0.15, 0.2) is 54.7 Å². The first-order valence-electron chi connectivity index (χ1n) is 12.3.